The van der Waals surface area contributed by atoms with Gasteiger partial charge in [-0.3, -0.25) is 9.78 Å². The minimum absolute atomic E-state index is 0.0313. The van der Waals surface area contributed by atoms with Gasteiger partial charge in [0.1, 0.15) is 0 Å². The number of rotatable bonds is 2. The lowest BCUT2D eigenvalue weighted by Gasteiger charge is -2.22. The molecule has 110 valence electrons. The van der Waals surface area contributed by atoms with Crippen LogP contribution in [0.5, 0.6) is 0 Å². The average Bonchev–Trinajstić information content (AvgIpc) is 2.53. The number of aromatic nitrogens is 1. The predicted molar refractivity (Wildman–Crippen MR) is 90.3 cm³/mol. The van der Waals surface area contributed by atoms with Crippen LogP contribution >= 0.6 is 0 Å². The zero-order valence-corrected chi connectivity index (χ0v) is 13.1. The van der Waals surface area contributed by atoms with Crippen molar-refractivity contribution >= 4 is 16.7 Å². The third kappa shape index (κ3) is 2.64. The summed E-state index contributed by atoms with van der Waals surface area (Å²) in [5.74, 6) is 0.0313. The van der Waals surface area contributed by atoms with E-state index in [2.05, 4.69) is 20.8 Å². The molecule has 0 aliphatic rings. The van der Waals surface area contributed by atoms with Crippen molar-refractivity contribution in [3.05, 3.63) is 77.5 Å². The number of carbonyl (C=O) groups is 1. The second-order valence-electron chi connectivity index (χ2n) is 6.52. The number of benzene rings is 2. The topological polar surface area (TPSA) is 30.0 Å². The van der Waals surface area contributed by atoms with E-state index in [4.69, 9.17) is 4.98 Å². The third-order valence-electron chi connectivity index (χ3n) is 3.71. The molecule has 0 unspecified atom stereocenters. The molecule has 3 aromatic rings. The summed E-state index contributed by atoms with van der Waals surface area (Å²) in [5.41, 5.74) is 2.98. The van der Waals surface area contributed by atoms with E-state index in [1.165, 1.54) is 0 Å². The summed E-state index contributed by atoms with van der Waals surface area (Å²) in [7, 11) is 0. The summed E-state index contributed by atoms with van der Waals surface area (Å²) in [5, 5.41) is 0.995. The van der Waals surface area contributed by atoms with Crippen molar-refractivity contribution in [2.75, 3.05) is 0 Å². The number of para-hydroxylation sites is 1. The highest BCUT2D eigenvalue weighted by Crippen LogP contribution is 2.28. The zero-order chi connectivity index (χ0) is 15.7. The van der Waals surface area contributed by atoms with Gasteiger partial charge in [0.25, 0.3) is 0 Å². The second-order valence-corrected chi connectivity index (χ2v) is 6.52. The third-order valence-corrected chi connectivity index (χ3v) is 3.71. The molecule has 2 aromatic carbocycles. The Morgan fingerprint density at radius 2 is 1.55 bits per heavy atom. The van der Waals surface area contributed by atoms with Gasteiger partial charge >= 0.3 is 0 Å². The summed E-state index contributed by atoms with van der Waals surface area (Å²) in [6.45, 7) is 6.27. The van der Waals surface area contributed by atoms with Crippen molar-refractivity contribution in [1.82, 2.24) is 4.98 Å². The lowest BCUT2D eigenvalue weighted by molar-refractivity contribution is 0.103. The van der Waals surface area contributed by atoms with Crippen LogP contribution in [0.25, 0.3) is 10.9 Å². The van der Waals surface area contributed by atoms with Crippen LogP contribution in [0, 0.1) is 0 Å². The van der Waals surface area contributed by atoms with Gasteiger partial charge in [-0.15, -0.1) is 0 Å². The Morgan fingerprint density at radius 1 is 0.909 bits per heavy atom. The van der Waals surface area contributed by atoms with Gasteiger partial charge in [0.15, 0.2) is 5.78 Å². The monoisotopic (exact) mass is 289 g/mol. The molecule has 3 rings (SSSR count). The fourth-order valence-corrected chi connectivity index (χ4v) is 2.61. The van der Waals surface area contributed by atoms with Crippen molar-refractivity contribution in [2.45, 2.75) is 26.2 Å². The average molecular weight is 289 g/mol. The molecule has 0 saturated heterocycles. The Bertz CT molecular complexity index is 829. The smallest absolute Gasteiger partial charge is 0.194 e. The number of hydrogen-bond acceptors (Lipinski definition) is 2. The summed E-state index contributed by atoms with van der Waals surface area (Å²) in [6.07, 6.45) is 0. The number of fused-ring (bicyclic) bond motifs is 1. The first-order chi connectivity index (χ1) is 10.5. The predicted octanol–water partition coefficient (Wildman–Crippen LogP) is 4.76. The number of nitrogens with zero attached hydrogens (tertiary/aromatic N) is 1. The van der Waals surface area contributed by atoms with E-state index in [1.807, 2.05) is 60.7 Å². The molecule has 22 heavy (non-hydrogen) atoms. The second kappa shape index (κ2) is 5.38. The van der Waals surface area contributed by atoms with E-state index in [-0.39, 0.29) is 11.2 Å². The van der Waals surface area contributed by atoms with Crippen molar-refractivity contribution in [3.8, 4) is 0 Å². The van der Waals surface area contributed by atoms with E-state index in [0.717, 1.165) is 16.6 Å². The Morgan fingerprint density at radius 3 is 2.23 bits per heavy atom. The van der Waals surface area contributed by atoms with E-state index < -0.39 is 0 Å². The van der Waals surface area contributed by atoms with Gasteiger partial charge in [-0.2, -0.15) is 0 Å². The normalized spacial score (nSPS) is 11.6. The molecule has 0 bridgehead atoms. The molecule has 0 atom stereocenters. The van der Waals surface area contributed by atoms with Crippen molar-refractivity contribution in [2.24, 2.45) is 0 Å². The molecule has 0 saturated carbocycles. The van der Waals surface area contributed by atoms with E-state index in [9.17, 15) is 4.79 Å². The van der Waals surface area contributed by atoms with Crippen molar-refractivity contribution in [3.63, 3.8) is 0 Å². The lowest BCUT2D eigenvalue weighted by Crippen LogP contribution is -2.19. The van der Waals surface area contributed by atoms with Crippen LogP contribution in [0.2, 0.25) is 0 Å². The Hall–Kier alpha value is -2.48. The fraction of sp³-hybridized carbons (Fsp3) is 0.200. The summed E-state index contributed by atoms with van der Waals surface area (Å²) in [6, 6.07) is 19.3. The van der Waals surface area contributed by atoms with E-state index in [1.54, 1.807) is 0 Å². The molecule has 1 aromatic heterocycles. The number of pyridine rings is 1. The molecule has 0 radical (unpaired) electrons. The maximum atomic E-state index is 12.9. The standard InChI is InChI=1S/C20H19NO/c1-20(2,3)19-16(18(22)14-9-5-4-6-10-14)13-15-11-7-8-12-17(15)21-19/h4-13H,1-3H3. The minimum Gasteiger partial charge on any atom is -0.289 e. The molecular weight excluding hydrogens is 270 g/mol. The Balaban J connectivity index is 2.25. The molecule has 0 fully saturated rings. The molecule has 0 aliphatic carbocycles. The zero-order valence-electron chi connectivity index (χ0n) is 13.1. The highest BCUT2D eigenvalue weighted by Gasteiger charge is 2.24. The number of hydrogen-bond donors (Lipinski definition) is 0. The van der Waals surface area contributed by atoms with Crippen LogP contribution in [-0.2, 0) is 5.41 Å². The highest BCUT2D eigenvalue weighted by atomic mass is 16.1. The first-order valence-electron chi connectivity index (χ1n) is 7.47. The largest absolute Gasteiger partial charge is 0.289 e. The van der Waals surface area contributed by atoms with Crippen LogP contribution in [0.15, 0.2) is 60.7 Å². The van der Waals surface area contributed by atoms with Gasteiger partial charge in [0, 0.05) is 21.9 Å². The van der Waals surface area contributed by atoms with Gasteiger partial charge in [-0.1, -0.05) is 69.3 Å². The Labute approximate surface area is 130 Å². The highest BCUT2D eigenvalue weighted by molar-refractivity contribution is 6.11. The van der Waals surface area contributed by atoms with Gasteiger partial charge in [-0.05, 0) is 12.1 Å². The van der Waals surface area contributed by atoms with E-state index in [0.29, 0.717) is 11.1 Å². The summed E-state index contributed by atoms with van der Waals surface area (Å²) in [4.78, 5) is 17.7. The molecule has 2 heteroatoms. The summed E-state index contributed by atoms with van der Waals surface area (Å²) >= 11 is 0. The lowest BCUT2D eigenvalue weighted by atomic mass is 9.85. The first-order valence-corrected chi connectivity index (χ1v) is 7.47. The van der Waals surface area contributed by atoms with Gasteiger partial charge < -0.3 is 0 Å². The quantitative estimate of drug-likeness (QED) is 0.636. The number of carbonyl (C=O) groups excluding carboxylic acids is 1. The molecule has 2 nitrogen and oxygen atoms in total. The minimum atomic E-state index is -0.191. The van der Waals surface area contributed by atoms with Gasteiger partial charge in [0.05, 0.1) is 11.2 Å². The van der Waals surface area contributed by atoms with Crippen LogP contribution < -0.4 is 0 Å². The molecule has 0 amide bonds. The van der Waals surface area contributed by atoms with Crippen LogP contribution in [0.1, 0.15) is 42.4 Å². The first kappa shape index (κ1) is 14.5. The van der Waals surface area contributed by atoms with Crippen LogP contribution in [0.4, 0.5) is 0 Å². The molecule has 1 heterocycles. The number of ketones is 1. The van der Waals surface area contributed by atoms with Crippen molar-refractivity contribution in [1.29, 1.82) is 0 Å². The molecule has 0 aliphatic heterocycles. The SMILES string of the molecule is CC(C)(C)c1nc2ccccc2cc1C(=O)c1ccccc1. The summed E-state index contributed by atoms with van der Waals surface area (Å²) < 4.78 is 0. The fourth-order valence-electron chi connectivity index (χ4n) is 2.61. The van der Waals surface area contributed by atoms with Gasteiger partial charge in [0.2, 0.25) is 0 Å². The van der Waals surface area contributed by atoms with Crippen molar-refractivity contribution < 1.29 is 4.79 Å². The van der Waals surface area contributed by atoms with Crippen LogP contribution in [-0.4, -0.2) is 10.8 Å². The maximum Gasteiger partial charge on any atom is 0.194 e. The van der Waals surface area contributed by atoms with Crippen LogP contribution in [0.3, 0.4) is 0 Å². The molecular formula is C20H19NO. The maximum absolute atomic E-state index is 12.9. The van der Waals surface area contributed by atoms with E-state index >= 15 is 0 Å². The molecule has 0 spiro atoms. The molecule has 0 N–H and O–H groups in total. The van der Waals surface area contributed by atoms with Gasteiger partial charge in [-0.25, -0.2) is 0 Å². The Kier molecular flexibility index (Phi) is 3.53.